The Morgan fingerprint density at radius 3 is 1.97 bits per heavy atom. The van der Waals surface area contributed by atoms with Gasteiger partial charge in [-0.1, -0.05) is 48.5 Å². The predicted octanol–water partition coefficient (Wildman–Crippen LogP) is 7.34. The molecule has 29 heavy (non-hydrogen) atoms. The summed E-state index contributed by atoms with van der Waals surface area (Å²) in [6, 6.07) is 34.5. The summed E-state index contributed by atoms with van der Waals surface area (Å²) in [6.45, 7) is 0. The predicted molar refractivity (Wildman–Crippen MR) is 123 cm³/mol. The van der Waals surface area contributed by atoms with E-state index in [1.165, 1.54) is 32.9 Å². The van der Waals surface area contributed by atoms with Crippen LogP contribution < -0.4 is 4.90 Å². The van der Waals surface area contributed by atoms with Gasteiger partial charge in [0.1, 0.15) is 5.01 Å². The molecule has 3 heteroatoms. The van der Waals surface area contributed by atoms with E-state index < -0.39 is 0 Å². The Morgan fingerprint density at radius 2 is 1.28 bits per heavy atom. The Morgan fingerprint density at radius 1 is 0.655 bits per heavy atom. The molecule has 4 aromatic carbocycles. The van der Waals surface area contributed by atoms with E-state index in [0.717, 1.165) is 22.5 Å². The van der Waals surface area contributed by atoms with Crippen molar-refractivity contribution in [3.05, 3.63) is 108 Å². The first kappa shape index (κ1) is 16.5. The molecule has 0 fully saturated rings. The van der Waals surface area contributed by atoms with Gasteiger partial charge in [0.15, 0.2) is 0 Å². The van der Waals surface area contributed by atoms with E-state index in [0.29, 0.717) is 0 Å². The fourth-order valence-corrected chi connectivity index (χ4v) is 5.09. The first-order valence-electron chi connectivity index (χ1n) is 9.79. The molecular weight excluding hydrogens is 372 g/mol. The Hall–Kier alpha value is -3.43. The molecule has 0 bridgehead atoms. The van der Waals surface area contributed by atoms with Crippen LogP contribution in [0.4, 0.5) is 17.1 Å². The van der Waals surface area contributed by atoms with Crippen molar-refractivity contribution < 1.29 is 0 Å². The third-order valence-electron chi connectivity index (χ3n) is 5.51. The lowest BCUT2D eigenvalue weighted by atomic mass is 9.95. The maximum absolute atomic E-state index is 4.80. The molecule has 0 atom stereocenters. The molecule has 2 heterocycles. The summed E-state index contributed by atoms with van der Waals surface area (Å²) in [4.78, 5) is 7.17. The van der Waals surface area contributed by atoms with Crippen molar-refractivity contribution in [3.63, 3.8) is 0 Å². The Labute approximate surface area is 173 Å². The van der Waals surface area contributed by atoms with E-state index in [1.807, 2.05) is 6.07 Å². The molecule has 1 aliphatic heterocycles. The van der Waals surface area contributed by atoms with Crippen LogP contribution in [0.5, 0.6) is 0 Å². The number of fused-ring (bicyclic) bond motifs is 3. The van der Waals surface area contributed by atoms with Gasteiger partial charge in [0.25, 0.3) is 0 Å². The lowest BCUT2D eigenvalue weighted by Gasteiger charge is -2.33. The maximum Gasteiger partial charge on any atom is 0.124 e. The molecule has 2 nitrogen and oxygen atoms in total. The summed E-state index contributed by atoms with van der Waals surface area (Å²) in [6.07, 6.45) is 0.979. The van der Waals surface area contributed by atoms with Gasteiger partial charge in [-0.3, -0.25) is 0 Å². The summed E-state index contributed by atoms with van der Waals surface area (Å²) in [7, 11) is 0. The summed E-state index contributed by atoms with van der Waals surface area (Å²) >= 11 is 1.74. The van der Waals surface area contributed by atoms with Gasteiger partial charge in [0.05, 0.1) is 10.2 Å². The number of nitrogens with zero attached hydrogens (tertiary/aromatic N) is 2. The Balaban J connectivity index is 1.44. The molecule has 0 amide bonds. The Bertz CT molecular complexity index is 1260. The summed E-state index contributed by atoms with van der Waals surface area (Å²) in [5.41, 5.74) is 8.65. The van der Waals surface area contributed by atoms with Gasteiger partial charge >= 0.3 is 0 Å². The zero-order chi connectivity index (χ0) is 19.2. The molecule has 0 spiro atoms. The van der Waals surface area contributed by atoms with Crippen LogP contribution in [0, 0.1) is 0 Å². The van der Waals surface area contributed by atoms with Crippen molar-refractivity contribution in [2.24, 2.45) is 0 Å². The summed E-state index contributed by atoms with van der Waals surface area (Å²) < 4.78 is 1.23. The topological polar surface area (TPSA) is 16.1 Å². The molecule has 0 N–H and O–H groups in total. The number of benzene rings is 4. The van der Waals surface area contributed by atoms with Crippen molar-refractivity contribution in [1.82, 2.24) is 4.98 Å². The maximum atomic E-state index is 4.80. The van der Waals surface area contributed by atoms with E-state index in [1.54, 1.807) is 11.3 Å². The minimum atomic E-state index is 0.979. The third kappa shape index (κ3) is 2.74. The molecule has 0 aliphatic carbocycles. The fraction of sp³-hybridized carbons (Fsp3) is 0.0385. The van der Waals surface area contributed by atoms with Gasteiger partial charge in [-0.25, -0.2) is 4.98 Å². The van der Waals surface area contributed by atoms with Crippen LogP contribution in [0.1, 0.15) is 11.1 Å². The molecule has 0 unspecified atom stereocenters. The van der Waals surface area contributed by atoms with Crippen molar-refractivity contribution in [2.75, 3.05) is 4.90 Å². The van der Waals surface area contributed by atoms with Gasteiger partial charge < -0.3 is 4.90 Å². The number of para-hydroxylation sites is 3. The molecule has 0 saturated heterocycles. The first-order valence-corrected chi connectivity index (χ1v) is 10.6. The largest absolute Gasteiger partial charge is 0.310 e. The van der Waals surface area contributed by atoms with Gasteiger partial charge in [0.2, 0.25) is 0 Å². The molecule has 0 radical (unpaired) electrons. The van der Waals surface area contributed by atoms with E-state index in [-0.39, 0.29) is 0 Å². The summed E-state index contributed by atoms with van der Waals surface area (Å²) in [5.74, 6) is 0. The Kier molecular flexibility index (Phi) is 3.74. The third-order valence-corrected chi connectivity index (χ3v) is 6.60. The van der Waals surface area contributed by atoms with E-state index in [4.69, 9.17) is 4.98 Å². The van der Waals surface area contributed by atoms with Crippen LogP contribution in [-0.2, 0) is 6.42 Å². The second-order valence-electron chi connectivity index (χ2n) is 7.30. The van der Waals surface area contributed by atoms with Gasteiger partial charge in [-0.15, -0.1) is 11.3 Å². The number of aromatic nitrogens is 1. The van der Waals surface area contributed by atoms with Crippen LogP contribution in [0.15, 0.2) is 97.1 Å². The number of rotatable bonds is 2. The highest BCUT2D eigenvalue weighted by Gasteiger charge is 2.23. The van der Waals surface area contributed by atoms with Crippen LogP contribution in [0.2, 0.25) is 0 Å². The normalized spacial score (nSPS) is 12.6. The van der Waals surface area contributed by atoms with Crippen molar-refractivity contribution in [3.8, 4) is 10.6 Å². The highest BCUT2D eigenvalue weighted by atomic mass is 32.1. The number of hydrogen-bond acceptors (Lipinski definition) is 3. The minimum absolute atomic E-state index is 0.979. The average Bonchev–Trinajstić information content (AvgIpc) is 3.22. The minimum Gasteiger partial charge on any atom is -0.310 e. The highest BCUT2D eigenvalue weighted by molar-refractivity contribution is 7.21. The van der Waals surface area contributed by atoms with Crippen molar-refractivity contribution in [1.29, 1.82) is 0 Å². The highest BCUT2D eigenvalue weighted by Crippen LogP contribution is 2.44. The number of anilines is 3. The van der Waals surface area contributed by atoms with Crippen LogP contribution >= 0.6 is 11.3 Å². The second kappa shape index (κ2) is 6.57. The molecule has 1 aliphatic rings. The SMILES string of the molecule is c1ccc2c(c1)Cc1ccccc1N2c1ccc(-c2nc3ccccc3s2)cc1. The lowest BCUT2D eigenvalue weighted by Crippen LogP contribution is -2.18. The van der Waals surface area contributed by atoms with Gasteiger partial charge in [-0.05, 0) is 59.7 Å². The van der Waals surface area contributed by atoms with Gasteiger partial charge in [-0.2, -0.15) is 0 Å². The zero-order valence-electron chi connectivity index (χ0n) is 15.7. The quantitative estimate of drug-likeness (QED) is 0.307. The molecule has 5 aromatic rings. The van der Waals surface area contributed by atoms with Crippen LogP contribution in [-0.4, -0.2) is 4.98 Å². The van der Waals surface area contributed by atoms with Crippen molar-refractivity contribution >= 4 is 38.6 Å². The second-order valence-corrected chi connectivity index (χ2v) is 8.33. The van der Waals surface area contributed by atoms with Crippen LogP contribution in [0.3, 0.4) is 0 Å². The molecule has 6 rings (SSSR count). The molecule has 0 saturated carbocycles. The first-order chi connectivity index (χ1) is 14.4. The fourth-order valence-electron chi connectivity index (χ4n) is 4.12. The van der Waals surface area contributed by atoms with Crippen LogP contribution in [0.25, 0.3) is 20.8 Å². The monoisotopic (exact) mass is 390 g/mol. The standard InChI is InChI=1S/C26H18N2S/c1-4-10-23-19(7-1)17-20-8-2-5-11-24(20)28(23)21-15-13-18(14-16-21)26-27-22-9-3-6-12-25(22)29-26/h1-16H,17H2. The average molecular weight is 391 g/mol. The molecule has 138 valence electrons. The number of thiazole rings is 1. The van der Waals surface area contributed by atoms with Gasteiger partial charge in [0, 0.05) is 29.0 Å². The van der Waals surface area contributed by atoms with E-state index in [9.17, 15) is 0 Å². The van der Waals surface area contributed by atoms with E-state index >= 15 is 0 Å². The smallest absolute Gasteiger partial charge is 0.124 e. The zero-order valence-corrected chi connectivity index (χ0v) is 16.6. The molecular formula is C26H18N2S. The van der Waals surface area contributed by atoms with Crippen molar-refractivity contribution in [2.45, 2.75) is 6.42 Å². The lowest BCUT2D eigenvalue weighted by molar-refractivity contribution is 1.09. The molecule has 1 aromatic heterocycles. The number of hydrogen-bond donors (Lipinski definition) is 0. The van der Waals surface area contributed by atoms with E-state index in [2.05, 4.69) is 95.9 Å². The summed E-state index contributed by atoms with van der Waals surface area (Å²) in [5, 5.41) is 1.07.